The molecule has 3 aromatic rings. The number of benzene rings is 3. The average Bonchev–Trinajstić information content (AvgIpc) is 2.56. The summed E-state index contributed by atoms with van der Waals surface area (Å²) in [6.07, 6.45) is 4.55. The molecule has 0 bridgehead atoms. The lowest BCUT2D eigenvalue weighted by atomic mass is 9.94. The van der Waals surface area contributed by atoms with E-state index in [0.717, 1.165) is 12.8 Å². The van der Waals surface area contributed by atoms with Gasteiger partial charge in [-0.05, 0) is 29.9 Å². The molecule has 0 unspecified atom stereocenters. The third-order valence-electron chi connectivity index (χ3n) is 4.13. The zero-order valence-corrected chi connectivity index (χ0v) is 11.8. The predicted octanol–water partition coefficient (Wildman–Crippen LogP) is 5.24. The molecule has 0 saturated heterocycles. The fourth-order valence-corrected chi connectivity index (χ4v) is 3.08. The van der Waals surface area contributed by atoms with Crippen LogP contribution in [0.4, 0.5) is 5.69 Å². The zero-order chi connectivity index (χ0) is 14.1. The summed E-state index contributed by atoms with van der Waals surface area (Å²) >= 11 is 0. The monoisotopic (exact) mass is 271 g/mol. The minimum atomic E-state index is 1.10. The highest BCUT2D eigenvalue weighted by Gasteiger charge is 2.12. The fourth-order valence-electron chi connectivity index (χ4n) is 3.08. The molecule has 0 fully saturated rings. The summed E-state index contributed by atoms with van der Waals surface area (Å²) < 4.78 is 0. The normalized spacial score (nSPS) is 13.6. The Morgan fingerprint density at radius 1 is 0.762 bits per heavy atom. The van der Waals surface area contributed by atoms with E-state index in [1.807, 2.05) is 0 Å². The highest BCUT2D eigenvalue weighted by molar-refractivity contribution is 5.97. The van der Waals surface area contributed by atoms with E-state index in [9.17, 15) is 0 Å². The molecule has 0 radical (unpaired) electrons. The molecule has 0 saturated carbocycles. The summed E-state index contributed by atoms with van der Waals surface area (Å²) in [6, 6.07) is 23.6. The molecule has 0 spiro atoms. The fraction of sp³-hybridized carbons (Fsp3) is 0.100. The van der Waals surface area contributed by atoms with Gasteiger partial charge >= 0.3 is 0 Å². The van der Waals surface area contributed by atoms with Crippen molar-refractivity contribution >= 4 is 22.2 Å². The van der Waals surface area contributed by atoms with Crippen molar-refractivity contribution < 1.29 is 0 Å². The molecule has 0 amide bonds. The Morgan fingerprint density at radius 2 is 1.57 bits per heavy atom. The van der Waals surface area contributed by atoms with Crippen LogP contribution in [0.15, 0.2) is 72.8 Å². The summed E-state index contributed by atoms with van der Waals surface area (Å²) in [4.78, 5) is 0. The summed E-state index contributed by atoms with van der Waals surface area (Å²) in [6.45, 7) is 0. The van der Waals surface area contributed by atoms with E-state index in [-0.39, 0.29) is 0 Å². The van der Waals surface area contributed by atoms with Crippen LogP contribution in [-0.2, 0) is 6.42 Å². The van der Waals surface area contributed by atoms with E-state index in [0.29, 0.717) is 0 Å². The number of aryl methyl sites for hydroxylation is 1. The zero-order valence-electron chi connectivity index (χ0n) is 11.8. The molecule has 0 heterocycles. The van der Waals surface area contributed by atoms with Gasteiger partial charge in [-0.15, -0.1) is 0 Å². The summed E-state index contributed by atoms with van der Waals surface area (Å²) in [5.41, 5.74) is 5.17. The number of nitrogens with one attached hydrogen (secondary N) is 1. The van der Waals surface area contributed by atoms with Crippen LogP contribution in [0.5, 0.6) is 0 Å². The lowest BCUT2D eigenvalue weighted by Crippen LogP contribution is -2.06. The maximum atomic E-state index is 3.64. The van der Waals surface area contributed by atoms with Crippen molar-refractivity contribution in [1.29, 1.82) is 0 Å². The standard InChI is InChI=1S/C20H17N/c1-3-11-17-15(7-1)9-5-13-19(17)21-20-14-6-10-16-8-2-4-12-18(16)20/h1-5,7-9,11-14,21H,6,10H2. The molecule has 1 nitrogen and oxygen atoms in total. The second kappa shape index (κ2) is 5.10. The number of hydrogen-bond donors (Lipinski definition) is 1. The van der Waals surface area contributed by atoms with Crippen LogP contribution in [-0.4, -0.2) is 0 Å². The molecule has 1 N–H and O–H groups in total. The molecule has 0 atom stereocenters. The Kier molecular flexibility index (Phi) is 2.97. The molecular weight excluding hydrogens is 254 g/mol. The molecule has 21 heavy (non-hydrogen) atoms. The van der Waals surface area contributed by atoms with Crippen LogP contribution >= 0.6 is 0 Å². The van der Waals surface area contributed by atoms with Crippen molar-refractivity contribution in [3.8, 4) is 0 Å². The van der Waals surface area contributed by atoms with Gasteiger partial charge in [0.25, 0.3) is 0 Å². The molecule has 102 valence electrons. The molecular formula is C20H17N. The topological polar surface area (TPSA) is 12.0 Å². The van der Waals surface area contributed by atoms with Crippen LogP contribution in [0.3, 0.4) is 0 Å². The van der Waals surface area contributed by atoms with Crippen molar-refractivity contribution in [2.24, 2.45) is 0 Å². The van der Waals surface area contributed by atoms with Crippen molar-refractivity contribution in [2.75, 3.05) is 5.32 Å². The molecule has 1 aliphatic carbocycles. The maximum Gasteiger partial charge on any atom is 0.0463 e. The smallest absolute Gasteiger partial charge is 0.0463 e. The highest BCUT2D eigenvalue weighted by Crippen LogP contribution is 2.30. The quantitative estimate of drug-likeness (QED) is 0.672. The van der Waals surface area contributed by atoms with E-state index in [2.05, 4.69) is 78.1 Å². The van der Waals surface area contributed by atoms with Gasteiger partial charge in [0.2, 0.25) is 0 Å². The first kappa shape index (κ1) is 12.2. The second-order valence-corrected chi connectivity index (χ2v) is 5.47. The van der Waals surface area contributed by atoms with E-state index in [1.165, 1.54) is 33.3 Å². The van der Waals surface area contributed by atoms with Crippen molar-refractivity contribution in [1.82, 2.24) is 0 Å². The summed E-state index contributed by atoms with van der Waals surface area (Å²) in [5, 5.41) is 6.18. The third kappa shape index (κ3) is 2.21. The van der Waals surface area contributed by atoms with Crippen molar-refractivity contribution in [3.05, 3.63) is 83.9 Å². The van der Waals surface area contributed by atoms with Crippen LogP contribution < -0.4 is 5.32 Å². The highest BCUT2D eigenvalue weighted by atomic mass is 14.9. The van der Waals surface area contributed by atoms with Gasteiger partial charge in [0.05, 0.1) is 0 Å². The van der Waals surface area contributed by atoms with E-state index < -0.39 is 0 Å². The number of anilines is 1. The van der Waals surface area contributed by atoms with Crippen LogP contribution in [0.25, 0.3) is 16.5 Å². The average molecular weight is 271 g/mol. The van der Waals surface area contributed by atoms with E-state index in [1.54, 1.807) is 0 Å². The number of allylic oxidation sites excluding steroid dienone is 1. The number of fused-ring (bicyclic) bond motifs is 2. The van der Waals surface area contributed by atoms with Gasteiger partial charge < -0.3 is 5.32 Å². The van der Waals surface area contributed by atoms with Gasteiger partial charge in [0, 0.05) is 22.3 Å². The first-order chi connectivity index (χ1) is 10.4. The largest absolute Gasteiger partial charge is 0.355 e. The van der Waals surface area contributed by atoms with Gasteiger partial charge in [0.1, 0.15) is 0 Å². The Morgan fingerprint density at radius 3 is 2.57 bits per heavy atom. The number of rotatable bonds is 2. The van der Waals surface area contributed by atoms with Gasteiger partial charge in [-0.25, -0.2) is 0 Å². The molecule has 3 aromatic carbocycles. The van der Waals surface area contributed by atoms with Gasteiger partial charge in [-0.1, -0.05) is 66.7 Å². The predicted molar refractivity (Wildman–Crippen MR) is 90.3 cm³/mol. The Balaban J connectivity index is 1.77. The van der Waals surface area contributed by atoms with Crippen molar-refractivity contribution in [2.45, 2.75) is 12.8 Å². The van der Waals surface area contributed by atoms with Crippen LogP contribution in [0.2, 0.25) is 0 Å². The van der Waals surface area contributed by atoms with Gasteiger partial charge in [-0.2, -0.15) is 0 Å². The minimum absolute atomic E-state index is 1.10. The minimum Gasteiger partial charge on any atom is -0.355 e. The third-order valence-corrected chi connectivity index (χ3v) is 4.13. The van der Waals surface area contributed by atoms with E-state index in [4.69, 9.17) is 0 Å². The molecule has 1 aliphatic rings. The number of hydrogen-bond acceptors (Lipinski definition) is 1. The lowest BCUT2D eigenvalue weighted by molar-refractivity contribution is 0.976. The molecule has 4 rings (SSSR count). The first-order valence-corrected chi connectivity index (χ1v) is 7.45. The van der Waals surface area contributed by atoms with E-state index >= 15 is 0 Å². The van der Waals surface area contributed by atoms with Crippen molar-refractivity contribution in [3.63, 3.8) is 0 Å². The van der Waals surface area contributed by atoms with Gasteiger partial charge in [0.15, 0.2) is 0 Å². The van der Waals surface area contributed by atoms with Crippen LogP contribution in [0, 0.1) is 0 Å². The maximum absolute atomic E-state index is 3.64. The van der Waals surface area contributed by atoms with Gasteiger partial charge in [-0.3, -0.25) is 0 Å². The second-order valence-electron chi connectivity index (χ2n) is 5.47. The summed E-state index contributed by atoms with van der Waals surface area (Å²) in [7, 11) is 0. The Bertz CT molecular complexity index is 825. The molecule has 1 heteroatoms. The van der Waals surface area contributed by atoms with Crippen LogP contribution in [0.1, 0.15) is 17.5 Å². The lowest BCUT2D eigenvalue weighted by Gasteiger charge is -2.20. The Hall–Kier alpha value is -2.54. The first-order valence-electron chi connectivity index (χ1n) is 7.45. The summed E-state index contributed by atoms with van der Waals surface area (Å²) in [5.74, 6) is 0. The SMILES string of the molecule is C1=C(Nc2cccc3ccccc23)c2ccccc2CC1. The molecule has 0 aliphatic heterocycles. The Labute approximate surface area is 124 Å². The molecule has 0 aromatic heterocycles.